The van der Waals surface area contributed by atoms with E-state index in [1.807, 2.05) is 53.8 Å². The Balaban J connectivity index is 1.43. The minimum atomic E-state index is -3.51. The molecule has 0 unspecified atom stereocenters. The van der Waals surface area contributed by atoms with Gasteiger partial charge in [-0.1, -0.05) is 24.3 Å². The van der Waals surface area contributed by atoms with Gasteiger partial charge in [0.25, 0.3) is 0 Å². The van der Waals surface area contributed by atoms with Crippen LogP contribution >= 0.6 is 0 Å². The summed E-state index contributed by atoms with van der Waals surface area (Å²) in [4.78, 5) is 4.95. The zero-order chi connectivity index (χ0) is 23.0. The van der Waals surface area contributed by atoms with Crippen LogP contribution in [-0.2, 0) is 21.3 Å². The molecule has 0 atom stereocenters. The Morgan fingerprint density at radius 2 is 1.85 bits per heavy atom. The van der Waals surface area contributed by atoms with Crippen molar-refractivity contribution in [2.75, 3.05) is 31.6 Å². The van der Waals surface area contributed by atoms with Gasteiger partial charge in [0.1, 0.15) is 11.9 Å². The normalized spacial score (nSPS) is 15.0. The number of para-hydroxylation sites is 2. The zero-order valence-electron chi connectivity index (χ0n) is 18.2. The fraction of sp³-hybridized carbons (Fsp3) is 0.250. The number of imidazole rings is 1. The van der Waals surface area contributed by atoms with E-state index in [1.54, 1.807) is 12.1 Å². The summed E-state index contributed by atoms with van der Waals surface area (Å²) < 4.78 is 34.3. The summed E-state index contributed by atoms with van der Waals surface area (Å²) >= 11 is 0. The van der Waals surface area contributed by atoms with Crippen molar-refractivity contribution in [1.29, 1.82) is 5.26 Å². The number of aryl methyl sites for hydroxylation is 1. The van der Waals surface area contributed by atoms with Crippen molar-refractivity contribution in [3.05, 3.63) is 71.3 Å². The van der Waals surface area contributed by atoms with Crippen molar-refractivity contribution in [3.63, 3.8) is 0 Å². The van der Waals surface area contributed by atoms with Crippen molar-refractivity contribution in [2.45, 2.75) is 18.4 Å². The molecule has 0 bridgehead atoms. The van der Waals surface area contributed by atoms with Crippen molar-refractivity contribution >= 4 is 32.5 Å². The van der Waals surface area contributed by atoms with Gasteiger partial charge in [-0.2, -0.15) is 9.57 Å². The van der Waals surface area contributed by atoms with E-state index < -0.39 is 10.0 Å². The van der Waals surface area contributed by atoms with E-state index in [9.17, 15) is 13.7 Å². The van der Waals surface area contributed by atoms with Gasteiger partial charge in [-0.25, -0.2) is 13.4 Å². The highest BCUT2D eigenvalue weighted by molar-refractivity contribution is 7.89. The molecule has 0 saturated carbocycles. The van der Waals surface area contributed by atoms with Gasteiger partial charge in [0, 0.05) is 19.6 Å². The standard InChI is InChI=1S/C24H23N5O3S/c1-17-14-23(29-22-5-3-2-4-21(22)27-24(29)20(17)15-25)26-16-18-6-8-19(9-7-18)33(30,31)28-10-12-32-13-11-28/h2-9,14,26H,10-13,16H2,1H3. The van der Waals surface area contributed by atoms with E-state index in [2.05, 4.69) is 16.4 Å². The average Bonchev–Trinajstić information content (AvgIpc) is 3.23. The highest BCUT2D eigenvalue weighted by atomic mass is 32.2. The number of morpholine rings is 1. The summed E-state index contributed by atoms with van der Waals surface area (Å²) in [5, 5.41) is 13.1. The molecule has 1 saturated heterocycles. The van der Waals surface area contributed by atoms with Gasteiger partial charge in [-0.3, -0.25) is 4.40 Å². The van der Waals surface area contributed by atoms with Crippen molar-refractivity contribution in [3.8, 4) is 6.07 Å². The lowest BCUT2D eigenvalue weighted by atomic mass is 10.1. The number of nitrogens with zero attached hydrogens (tertiary/aromatic N) is 4. The Hall–Kier alpha value is -3.45. The lowest BCUT2D eigenvalue weighted by Crippen LogP contribution is -2.40. The molecule has 3 heterocycles. The molecule has 168 valence electrons. The van der Waals surface area contributed by atoms with Crippen LogP contribution in [-0.4, -0.2) is 48.4 Å². The van der Waals surface area contributed by atoms with Gasteiger partial charge >= 0.3 is 0 Å². The number of ether oxygens (including phenoxy) is 1. The molecule has 1 fully saturated rings. The third-order valence-electron chi connectivity index (χ3n) is 5.89. The molecule has 0 radical (unpaired) electrons. The Bertz CT molecular complexity index is 1480. The van der Waals surface area contributed by atoms with Gasteiger partial charge < -0.3 is 10.1 Å². The predicted molar refractivity (Wildman–Crippen MR) is 125 cm³/mol. The maximum atomic E-state index is 12.8. The van der Waals surface area contributed by atoms with E-state index in [0.717, 1.165) is 28.0 Å². The van der Waals surface area contributed by atoms with Crippen molar-refractivity contribution < 1.29 is 13.2 Å². The number of nitriles is 1. The number of anilines is 1. The van der Waals surface area contributed by atoms with Gasteiger partial charge in [-0.15, -0.1) is 0 Å². The van der Waals surface area contributed by atoms with Crippen LogP contribution in [0.3, 0.4) is 0 Å². The molecule has 9 heteroatoms. The van der Waals surface area contributed by atoms with Gasteiger partial charge in [0.15, 0.2) is 5.65 Å². The summed E-state index contributed by atoms with van der Waals surface area (Å²) in [5.74, 6) is 0.820. The molecule has 0 spiro atoms. The first-order valence-corrected chi connectivity index (χ1v) is 12.1. The topological polar surface area (TPSA) is 99.7 Å². The zero-order valence-corrected chi connectivity index (χ0v) is 19.0. The molecule has 1 aliphatic heterocycles. The summed E-state index contributed by atoms with van der Waals surface area (Å²) in [6.45, 7) is 3.97. The Morgan fingerprint density at radius 3 is 2.58 bits per heavy atom. The van der Waals surface area contributed by atoms with E-state index in [1.165, 1.54) is 4.31 Å². The summed E-state index contributed by atoms with van der Waals surface area (Å²) in [6.07, 6.45) is 0. The number of rotatable bonds is 5. The van der Waals surface area contributed by atoms with Crippen LogP contribution in [0, 0.1) is 18.3 Å². The fourth-order valence-corrected chi connectivity index (χ4v) is 5.54. The molecule has 2 aromatic carbocycles. The number of benzene rings is 2. The van der Waals surface area contributed by atoms with Gasteiger partial charge in [0.05, 0.1) is 34.7 Å². The predicted octanol–water partition coefficient (Wildman–Crippen LogP) is 3.30. The van der Waals surface area contributed by atoms with Crippen LogP contribution in [0.4, 0.5) is 5.82 Å². The van der Waals surface area contributed by atoms with Gasteiger partial charge in [0.2, 0.25) is 10.0 Å². The quantitative estimate of drug-likeness (QED) is 0.490. The van der Waals surface area contributed by atoms with E-state index in [0.29, 0.717) is 44.1 Å². The van der Waals surface area contributed by atoms with Crippen LogP contribution in [0.1, 0.15) is 16.7 Å². The highest BCUT2D eigenvalue weighted by Gasteiger charge is 2.26. The third kappa shape index (κ3) is 3.82. The second kappa shape index (κ2) is 8.48. The van der Waals surface area contributed by atoms with Gasteiger partial charge in [-0.05, 0) is 48.4 Å². The fourth-order valence-electron chi connectivity index (χ4n) is 4.13. The Labute approximate surface area is 192 Å². The summed E-state index contributed by atoms with van der Waals surface area (Å²) in [6, 6.07) is 18.9. The number of sulfonamides is 1. The number of fused-ring (bicyclic) bond motifs is 3. The molecular weight excluding hydrogens is 438 g/mol. The minimum absolute atomic E-state index is 0.283. The number of hydrogen-bond acceptors (Lipinski definition) is 6. The molecule has 1 N–H and O–H groups in total. The second-order valence-electron chi connectivity index (χ2n) is 7.97. The summed E-state index contributed by atoms with van der Waals surface area (Å²) in [7, 11) is -3.51. The lowest BCUT2D eigenvalue weighted by molar-refractivity contribution is 0.0730. The molecule has 8 nitrogen and oxygen atoms in total. The van der Waals surface area contributed by atoms with Crippen molar-refractivity contribution in [2.24, 2.45) is 0 Å². The molecule has 2 aromatic heterocycles. The number of aromatic nitrogens is 2. The molecule has 0 aliphatic carbocycles. The highest BCUT2D eigenvalue weighted by Crippen LogP contribution is 2.27. The first-order valence-electron chi connectivity index (χ1n) is 10.7. The molecule has 1 aliphatic rings. The molecule has 0 amide bonds. The van der Waals surface area contributed by atoms with Crippen LogP contribution in [0.2, 0.25) is 0 Å². The second-order valence-corrected chi connectivity index (χ2v) is 9.91. The molecule has 4 aromatic rings. The SMILES string of the molecule is Cc1cc(NCc2ccc(S(=O)(=O)N3CCOCC3)cc2)n2c(nc3ccccc32)c1C#N. The van der Waals surface area contributed by atoms with E-state index in [-0.39, 0.29) is 4.90 Å². The van der Waals surface area contributed by atoms with Crippen LogP contribution in [0.25, 0.3) is 16.7 Å². The first-order chi connectivity index (χ1) is 16.0. The smallest absolute Gasteiger partial charge is 0.243 e. The molecular formula is C24H23N5O3S. The number of hydrogen-bond donors (Lipinski definition) is 1. The first kappa shape index (κ1) is 21.4. The number of pyridine rings is 1. The monoisotopic (exact) mass is 461 g/mol. The van der Waals surface area contributed by atoms with Crippen LogP contribution < -0.4 is 5.32 Å². The summed E-state index contributed by atoms with van der Waals surface area (Å²) in [5.41, 5.74) is 4.69. The van der Waals surface area contributed by atoms with E-state index in [4.69, 9.17) is 4.74 Å². The molecule has 5 rings (SSSR count). The van der Waals surface area contributed by atoms with Crippen LogP contribution in [0.5, 0.6) is 0 Å². The largest absolute Gasteiger partial charge is 0.379 e. The maximum absolute atomic E-state index is 12.8. The minimum Gasteiger partial charge on any atom is -0.379 e. The lowest BCUT2D eigenvalue weighted by Gasteiger charge is -2.26. The third-order valence-corrected chi connectivity index (χ3v) is 7.80. The number of nitrogens with one attached hydrogen (secondary N) is 1. The van der Waals surface area contributed by atoms with Crippen molar-refractivity contribution in [1.82, 2.24) is 13.7 Å². The maximum Gasteiger partial charge on any atom is 0.243 e. The molecule has 33 heavy (non-hydrogen) atoms. The Kier molecular flexibility index (Phi) is 5.50. The Morgan fingerprint density at radius 1 is 1.12 bits per heavy atom. The average molecular weight is 462 g/mol. The van der Waals surface area contributed by atoms with E-state index >= 15 is 0 Å². The van der Waals surface area contributed by atoms with Crippen LogP contribution in [0.15, 0.2) is 59.5 Å².